The van der Waals surface area contributed by atoms with E-state index >= 15 is 0 Å². The first-order chi connectivity index (χ1) is 13.8. The second-order valence-electron chi connectivity index (χ2n) is 6.15. The van der Waals surface area contributed by atoms with Crippen LogP contribution in [0, 0.1) is 6.92 Å². The van der Waals surface area contributed by atoms with Crippen molar-refractivity contribution in [2.45, 2.75) is 19.6 Å². The summed E-state index contributed by atoms with van der Waals surface area (Å²) in [5.41, 5.74) is 1.37. The van der Waals surface area contributed by atoms with E-state index in [1.165, 1.54) is 17.4 Å². The maximum atomic E-state index is 12.9. The van der Waals surface area contributed by atoms with Gasteiger partial charge in [-0.2, -0.15) is 13.2 Å². The minimum atomic E-state index is -4.52. The van der Waals surface area contributed by atoms with Gasteiger partial charge in [-0.1, -0.05) is 0 Å². The third kappa shape index (κ3) is 3.99. The largest absolute Gasteiger partial charge is 0.433 e. The molecule has 0 atom stereocenters. The van der Waals surface area contributed by atoms with Crippen molar-refractivity contribution in [3.8, 4) is 11.3 Å². The number of nitrogens with one attached hydrogen (secondary N) is 1. The highest BCUT2D eigenvalue weighted by Gasteiger charge is 2.33. The average Bonchev–Trinajstić information content (AvgIpc) is 3.31. The van der Waals surface area contributed by atoms with Crippen LogP contribution in [0.4, 0.5) is 13.2 Å². The molecule has 1 amide bonds. The van der Waals surface area contributed by atoms with Gasteiger partial charge in [-0.05, 0) is 36.8 Å². The van der Waals surface area contributed by atoms with Crippen molar-refractivity contribution in [2.24, 2.45) is 0 Å². The maximum Gasteiger partial charge on any atom is 0.433 e. The number of carbonyl (C=O) groups is 1. The molecule has 0 fully saturated rings. The number of fused-ring (bicyclic) bond motifs is 1. The summed E-state index contributed by atoms with van der Waals surface area (Å²) in [5, 5.41) is 5.94. The van der Waals surface area contributed by atoms with Gasteiger partial charge in [0.1, 0.15) is 15.5 Å². The minimum Gasteiger partial charge on any atom is -0.345 e. The van der Waals surface area contributed by atoms with Crippen molar-refractivity contribution in [3.63, 3.8) is 0 Å². The molecule has 0 saturated carbocycles. The number of rotatable bonds is 4. The lowest BCUT2D eigenvalue weighted by molar-refractivity contribution is -0.140. The van der Waals surface area contributed by atoms with Gasteiger partial charge in [-0.3, -0.25) is 9.78 Å². The molecular formula is C19H13F3N4OS2. The lowest BCUT2D eigenvalue weighted by Gasteiger charge is -2.04. The predicted octanol–water partition coefficient (Wildman–Crippen LogP) is 5.07. The number of nitrogens with zero attached hydrogens (tertiary/aromatic N) is 3. The summed E-state index contributed by atoms with van der Waals surface area (Å²) < 4.78 is 38.6. The quantitative estimate of drug-likeness (QED) is 0.487. The van der Waals surface area contributed by atoms with Crippen LogP contribution in [0.1, 0.15) is 25.9 Å². The molecule has 4 aromatic rings. The number of pyridine rings is 2. The van der Waals surface area contributed by atoms with Crippen LogP contribution in [0.3, 0.4) is 0 Å². The van der Waals surface area contributed by atoms with Crippen molar-refractivity contribution in [1.29, 1.82) is 0 Å². The van der Waals surface area contributed by atoms with E-state index in [4.69, 9.17) is 0 Å². The summed E-state index contributed by atoms with van der Waals surface area (Å²) in [4.78, 5) is 25.2. The minimum absolute atomic E-state index is 0.191. The van der Waals surface area contributed by atoms with E-state index in [9.17, 15) is 18.0 Å². The van der Waals surface area contributed by atoms with E-state index in [2.05, 4.69) is 20.3 Å². The second-order valence-corrected chi connectivity index (χ2v) is 8.09. The predicted molar refractivity (Wildman–Crippen MR) is 106 cm³/mol. The van der Waals surface area contributed by atoms with Crippen LogP contribution in [-0.2, 0) is 12.7 Å². The molecule has 4 aromatic heterocycles. The van der Waals surface area contributed by atoms with Crippen LogP contribution in [0.5, 0.6) is 0 Å². The first-order valence-corrected chi connectivity index (χ1v) is 10.1. The monoisotopic (exact) mass is 434 g/mol. The summed E-state index contributed by atoms with van der Waals surface area (Å²) in [6.45, 7) is 1.93. The van der Waals surface area contributed by atoms with E-state index in [-0.39, 0.29) is 17.3 Å². The van der Waals surface area contributed by atoms with Crippen molar-refractivity contribution >= 4 is 38.8 Å². The van der Waals surface area contributed by atoms with Gasteiger partial charge in [0.2, 0.25) is 0 Å². The molecule has 0 aromatic carbocycles. The van der Waals surface area contributed by atoms with Crippen LogP contribution >= 0.6 is 22.7 Å². The Morgan fingerprint density at radius 2 is 1.90 bits per heavy atom. The van der Waals surface area contributed by atoms with E-state index in [1.807, 2.05) is 17.5 Å². The summed E-state index contributed by atoms with van der Waals surface area (Å²) in [6, 6.07) is 5.98. The number of hydrogen-bond acceptors (Lipinski definition) is 6. The zero-order valence-electron chi connectivity index (χ0n) is 14.9. The molecule has 4 rings (SSSR count). The smallest absolute Gasteiger partial charge is 0.345 e. The first-order valence-electron chi connectivity index (χ1n) is 8.43. The van der Waals surface area contributed by atoms with E-state index in [1.54, 1.807) is 19.3 Å². The van der Waals surface area contributed by atoms with E-state index in [0.29, 0.717) is 15.8 Å². The third-order valence-corrected chi connectivity index (χ3v) is 6.28. The van der Waals surface area contributed by atoms with Crippen LogP contribution in [-0.4, -0.2) is 20.9 Å². The maximum absolute atomic E-state index is 12.9. The fraction of sp³-hybridized carbons (Fsp3) is 0.158. The SMILES string of the molecule is Cc1c(C(=O)NCc2nc(-c3ccncc3)cs2)sc2nc(C(F)(F)F)ccc12. The summed E-state index contributed by atoms with van der Waals surface area (Å²) in [6.07, 6.45) is -1.16. The molecule has 10 heteroatoms. The van der Waals surface area contributed by atoms with Gasteiger partial charge < -0.3 is 5.32 Å². The van der Waals surface area contributed by atoms with E-state index < -0.39 is 11.9 Å². The number of amides is 1. The molecule has 0 saturated heterocycles. The van der Waals surface area contributed by atoms with E-state index in [0.717, 1.165) is 33.7 Å². The molecule has 0 spiro atoms. The van der Waals surface area contributed by atoms with Crippen molar-refractivity contribution in [3.05, 3.63) is 63.2 Å². The van der Waals surface area contributed by atoms with Crippen LogP contribution in [0.2, 0.25) is 0 Å². The van der Waals surface area contributed by atoms with Gasteiger partial charge in [-0.25, -0.2) is 9.97 Å². The number of thiophene rings is 1. The average molecular weight is 434 g/mol. The van der Waals surface area contributed by atoms with Gasteiger partial charge in [0.15, 0.2) is 0 Å². The number of aryl methyl sites for hydroxylation is 1. The number of aromatic nitrogens is 3. The molecule has 0 aliphatic rings. The summed E-state index contributed by atoms with van der Waals surface area (Å²) in [7, 11) is 0. The Balaban J connectivity index is 1.51. The van der Waals surface area contributed by atoms with Crippen molar-refractivity contribution < 1.29 is 18.0 Å². The highest BCUT2D eigenvalue weighted by Crippen LogP contribution is 2.34. The zero-order chi connectivity index (χ0) is 20.6. The molecule has 0 aliphatic heterocycles. The molecule has 148 valence electrons. The van der Waals surface area contributed by atoms with Gasteiger partial charge in [-0.15, -0.1) is 22.7 Å². The standard InChI is InChI=1S/C19H13F3N4OS2/c1-10-12-2-3-14(19(20,21)22)26-18(12)29-16(10)17(27)24-8-15-25-13(9-28-15)11-4-6-23-7-5-11/h2-7,9H,8H2,1H3,(H,24,27). The van der Waals surface area contributed by atoms with Gasteiger partial charge >= 0.3 is 6.18 Å². The van der Waals surface area contributed by atoms with Crippen molar-refractivity contribution in [2.75, 3.05) is 0 Å². The molecule has 5 nitrogen and oxygen atoms in total. The molecule has 1 N–H and O–H groups in total. The molecule has 0 bridgehead atoms. The number of halogens is 3. The Morgan fingerprint density at radius 3 is 2.62 bits per heavy atom. The molecule has 0 aliphatic carbocycles. The van der Waals surface area contributed by atoms with Crippen molar-refractivity contribution in [1.82, 2.24) is 20.3 Å². The Morgan fingerprint density at radius 1 is 1.14 bits per heavy atom. The summed E-state index contributed by atoms with van der Waals surface area (Å²) >= 11 is 2.37. The second kappa shape index (κ2) is 7.53. The third-order valence-electron chi connectivity index (χ3n) is 4.23. The first kappa shape index (κ1) is 19.5. The number of hydrogen-bond donors (Lipinski definition) is 1. The Hall–Kier alpha value is -2.85. The Labute approximate surface area is 171 Å². The van der Waals surface area contributed by atoms with Gasteiger partial charge in [0.25, 0.3) is 5.91 Å². The Bertz CT molecular complexity index is 1190. The highest BCUT2D eigenvalue weighted by atomic mass is 32.1. The molecule has 0 radical (unpaired) electrons. The normalized spacial score (nSPS) is 11.7. The fourth-order valence-electron chi connectivity index (χ4n) is 2.76. The molecule has 29 heavy (non-hydrogen) atoms. The molecular weight excluding hydrogens is 421 g/mol. The van der Waals surface area contributed by atoms with Gasteiger partial charge in [0, 0.05) is 28.7 Å². The van der Waals surface area contributed by atoms with Crippen LogP contribution in [0.15, 0.2) is 42.0 Å². The number of carbonyl (C=O) groups excluding carboxylic acids is 1. The highest BCUT2D eigenvalue weighted by molar-refractivity contribution is 7.20. The fourth-order valence-corrected chi connectivity index (χ4v) is 4.60. The lowest BCUT2D eigenvalue weighted by Crippen LogP contribution is -2.22. The van der Waals surface area contributed by atoms with Crippen LogP contribution < -0.4 is 5.32 Å². The number of thiazole rings is 1. The Kier molecular flexibility index (Phi) is 5.05. The summed E-state index contributed by atoms with van der Waals surface area (Å²) in [5.74, 6) is -0.361. The van der Waals surface area contributed by atoms with Gasteiger partial charge in [0.05, 0.1) is 17.1 Å². The topological polar surface area (TPSA) is 67.8 Å². The van der Waals surface area contributed by atoms with Crippen LogP contribution in [0.25, 0.3) is 21.5 Å². The zero-order valence-corrected chi connectivity index (χ0v) is 16.6. The molecule has 0 unspecified atom stereocenters. The lowest BCUT2D eigenvalue weighted by atomic mass is 10.2. The number of alkyl halides is 3. The molecule has 4 heterocycles.